The summed E-state index contributed by atoms with van der Waals surface area (Å²) in [5.41, 5.74) is 3.48. The lowest BCUT2D eigenvalue weighted by molar-refractivity contribution is 0.306. The molecule has 0 spiro atoms. The Bertz CT molecular complexity index is 1270. The third-order valence-electron chi connectivity index (χ3n) is 4.63. The Hall–Kier alpha value is -2.87. The van der Waals surface area contributed by atoms with Crippen molar-refractivity contribution in [3.05, 3.63) is 89.6 Å². The largest absolute Gasteiger partial charge is 0.486 e. The number of nitrogens with zero attached hydrogens (tertiary/aromatic N) is 4. The molecule has 0 unspecified atom stereocenters. The molecule has 4 rings (SSSR count). The number of allylic oxidation sites excluding steroid dienone is 1. The highest BCUT2D eigenvalue weighted by Crippen LogP contribution is 2.36. The van der Waals surface area contributed by atoms with Gasteiger partial charge < -0.3 is 9.64 Å². The summed E-state index contributed by atoms with van der Waals surface area (Å²) in [5.74, 6) is 0.682. The van der Waals surface area contributed by atoms with E-state index < -0.39 is 0 Å². The molecule has 0 aliphatic carbocycles. The van der Waals surface area contributed by atoms with E-state index in [1.807, 2.05) is 66.7 Å². The lowest BCUT2D eigenvalue weighted by Gasteiger charge is -2.19. The summed E-state index contributed by atoms with van der Waals surface area (Å²) in [6, 6.07) is 9.88. The number of fused-ring (bicyclic) bond motifs is 1. The molecular weight excluding hydrogens is 460 g/mol. The third-order valence-corrected chi connectivity index (χ3v) is 6.94. The highest BCUT2D eigenvalue weighted by atomic mass is 35.5. The van der Waals surface area contributed by atoms with Crippen molar-refractivity contribution in [3.63, 3.8) is 0 Å². The van der Waals surface area contributed by atoms with Crippen LogP contribution in [0.1, 0.15) is 18.2 Å². The molecule has 0 atom stereocenters. The molecule has 162 valence electrons. The van der Waals surface area contributed by atoms with Crippen LogP contribution in [0.25, 0.3) is 10.9 Å². The van der Waals surface area contributed by atoms with Crippen molar-refractivity contribution in [3.8, 4) is 5.75 Å². The van der Waals surface area contributed by atoms with Crippen molar-refractivity contribution in [2.75, 3.05) is 4.90 Å². The van der Waals surface area contributed by atoms with Gasteiger partial charge in [0.05, 0.1) is 5.69 Å². The van der Waals surface area contributed by atoms with Gasteiger partial charge in [0.1, 0.15) is 23.0 Å². The predicted octanol–water partition coefficient (Wildman–Crippen LogP) is 7.26. The summed E-state index contributed by atoms with van der Waals surface area (Å²) in [7, 11) is 0. The van der Waals surface area contributed by atoms with E-state index in [-0.39, 0.29) is 6.61 Å². The summed E-state index contributed by atoms with van der Waals surface area (Å²) in [6.45, 7) is 8.15. The number of hydrogen-bond acceptors (Lipinski definition) is 7. The van der Waals surface area contributed by atoms with Gasteiger partial charge >= 0.3 is 0 Å². The molecule has 1 aromatic carbocycles. The maximum absolute atomic E-state index is 6.44. The first-order chi connectivity index (χ1) is 15.6. The van der Waals surface area contributed by atoms with E-state index >= 15 is 0 Å². The van der Waals surface area contributed by atoms with E-state index in [0.717, 1.165) is 37.1 Å². The SMILES string of the molecule is C=CN(/C=C\C)c1cc(C)nc2c(OCc3c(Sc4nccs4)ccnc3Cl)cccc12. The average Bonchev–Trinajstić information content (AvgIpc) is 3.30. The van der Waals surface area contributed by atoms with Crippen LogP contribution >= 0.6 is 34.7 Å². The lowest BCUT2D eigenvalue weighted by atomic mass is 10.1. The van der Waals surface area contributed by atoms with Crippen LogP contribution in [-0.2, 0) is 6.61 Å². The summed E-state index contributed by atoms with van der Waals surface area (Å²) in [6.07, 6.45) is 9.19. The Labute approximate surface area is 200 Å². The van der Waals surface area contributed by atoms with Crippen LogP contribution in [0.5, 0.6) is 5.75 Å². The molecule has 0 fully saturated rings. The molecule has 0 aliphatic rings. The second kappa shape index (κ2) is 10.2. The standard InChI is InChI=1S/C24H21ClN4OS2/c1-4-12-29(5-2)19-14-16(3)28-22-17(19)7-6-8-20(22)30-15-18-21(9-10-26-23(18)25)32-24-27-11-13-31-24/h4-14H,2,15H2,1,3H3/b12-4-. The Morgan fingerprint density at radius 3 is 2.88 bits per heavy atom. The Morgan fingerprint density at radius 2 is 2.12 bits per heavy atom. The van der Waals surface area contributed by atoms with Gasteiger partial charge in [-0.05, 0) is 32.0 Å². The van der Waals surface area contributed by atoms with Crippen molar-refractivity contribution < 1.29 is 4.74 Å². The molecule has 3 aromatic heterocycles. The fraction of sp³-hybridized carbons (Fsp3) is 0.125. The van der Waals surface area contributed by atoms with Gasteiger partial charge in [-0.15, -0.1) is 11.3 Å². The minimum Gasteiger partial charge on any atom is -0.486 e. The number of benzene rings is 1. The molecule has 0 bridgehead atoms. The van der Waals surface area contributed by atoms with Gasteiger partial charge in [0, 0.05) is 51.7 Å². The van der Waals surface area contributed by atoms with Crippen LogP contribution < -0.4 is 9.64 Å². The number of hydrogen-bond donors (Lipinski definition) is 0. The van der Waals surface area contributed by atoms with E-state index in [2.05, 4.69) is 16.5 Å². The van der Waals surface area contributed by atoms with Crippen LogP contribution in [0.2, 0.25) is 5.15 Å². The molecule has 0 N–H and O–H groups in total. The number of aromatic nitrogens is 3. The number of pyridine rings is 2. The van der Waals surface area contributed by atoms with E-state index in [1.165, 1.54) is 0 Å². The van der Waals surface area contributed by atoms with E-state index in [4.69, 9.17) is 21.3 Å². The molecule has 4 aromatic rings. The van der Waals surface area contributed by atoms with Gasteiger partial charge in [0.2, 0.25) is 0 Å². The number of anilines is 1. The first kappa shape index (κ1) is 22.3. The van der Waals surface area contributed by atoms with Crippen molar-refractivity contribution in [2.24, 2.45) is 0 Å². The lowest BCUT2D eigenvalue weighted by Crippen LogP contribution is -2.08. The molecule has 0 aliphatic heterocycles. The zero-order chi connectivity index (χ0) is 22.5. The predicted molar refractivity (Wildman–Crippen MR) is 134 cm³/mol. The first-order valence-electron chi connectivity index (χ1n) is 9.88. The van der Waals surface area contributed by atoms with Crippen molar-refractivity contribution in [1.29, 1.82) is 0 Å². The summed E-state index contributed by atoms with van der Waals surface area (Å²) in [4.78, 5) is 16.3. The van der Waals surface area contributed by atoms with E-state index in [1.54, 1.807) is 41.7 Å². The van der Waals surface area contributed by atoms with Gasteiger partial charge in [-0.3, -0.25) is 0 Å². The van der Waals surface area contributed by atoms with Gasteiger partial charge in [0.25, 0.3) is 0 Å². The molecular formula is C24H21ClN4OS2. The van der Waals surface area contributed by atoms with Crippen molar-refractivity contribution >= 4 is 51.3 Å². The smallest absolute Gasteiger partial charge is 0.154 e. The molecule has 32 heavy (non-hydrogen) atoms. The van der Waals surface area contributed by atoms with Gasteiger partial charge in [-0.1, -0.05) is 48.2 Å². The minimum absolute atomic E-state index is 0.268. The van der Waals surface area contributed by atoms with Gasteiger partial charge in [-0.25, -0.2) is 15.0 Å². The summed E-state index contributed by atoms with van der Waals surface area (Å²) >= 11 is 9.57. The monoisotopic (exact) mass is 480 g/mol. The third kappa shape index (κ3) is 4.80. The zero-order valence-electron chi connectivity index (χ0n) is 17.7. The topological polar surface area (TPSA) is 51.1 Å². The second-order valence-corrected chi connectivity index (χ2v) is 9.32. The maximum Gasteiger partial charge on any atom is 0.154 e. The highest BCUT2D eigenvalue weighted by Gasteiger charge is 2.15. The molecule has 5 nitrogen and oxygen atoms in total. The fourth-order valence-corrected chi connectivity index (χ4v) is 5.21. The number of ether oxygens (including phenoxy) is 1. The fourth-order valence-electron chi connectivity index (χ4n) is 3.24. The molecule has 0 saturated heterocycles. The van der Waals surface area contributed by atoms with Crippen LogP contribution in [-0.4, -0.2) is 15.0 Å². The van der Waals surface area contributed by atoms with Gasteiger partial charge in [-0.2, -0.15) is 0 Å². The molecule has 3 heterocycles. The molecule has 0 radical (unpaired) electrons. The van der Waals surface area contributed by atoms with Crippen LogP contribution in [0.4, 0.5) is 5.69 Å². The number of thiazole rings is 1. The summed E-state index contributed by atoms with van der Waals surface area (Å²) < 4.78 is 7.19. The highest BCUT2D eigenvalue weighted by molar-refractivity contribution is 8.01. The maximum atomic E-state index is 6.44. The number of rotatable bonds is 8. The van der Waals surface area contributed by atoms with Crippen LogP contribution in [0.15, 0.2) is 82.4 Å². The van der Waals surface area contributed by atoms with E-state index in [9.17, 15) is 0 Å². The average molecular weight is 481 g/mol. The molecule has 0 amide bonds. The normalized spacial score (nSPS) is 11.2. The Kier molecular flexibility index (Phi) is 7.09. The Balaban J connectivity index is 1.69. The quantitative estimate of drug-likeness (QED) is 0.247. The Morgan fingerprint density at radius 1 is 1.25 bits per heavy atom. The van der Waals surface area contributed by atoms with E-state index in [0.29, 0.717) is 10.9 Å². The molecule has 8 heteroatoms. The van der Waals surface area contributed by atoms with Crippen molar-refractivity contribution in [2.45, 2.75) is 29.7 Å². The van der Waals surface area contributed by atoms with Crippen LogP contribution in [0.3, 0.4) is 0 Å². The summed E-state index contributed by atoms with van der Waals surface area (Å²) in [5, 5.41) is 3.34. The first-order valence-corrected chi connectivity index (χ1v) is 12.0. The zero-order valence-corrected chi connectivity index (χ0v) is 20.0. The van der Waals surface area contributed by atoms with Gasteiger partial charge in [0.15, 0.2) is 4.34 Å². The number of para-hydroxylation sites is 1. The minimum atomic E-state index is 0.268. The number of aryl methyl sites for hydroxylation is 1. The number of halogens is 1. The van der Waals surface area contributed by atoms with Crippen molar-refractivity contribution in [1.82, 2.24) is 15.0 Å². The second-order valence-electron chi connectivity index (χ2n) is 6.77. The van der Waals surface area contributed by atoms with Crippen LogP contribution in [0, 0.1) is 6.92 Å². The molecule has 0 saturated carbocycles.